The number of ether oxygens (including phenoxy) is 1. The summed E-state index contributed by atoms with van der Waals surface area (Å²) >= 11 is 7.43. The Bertz CT molecular complexity index is 674. The van der Waals surface area contributed by atoms with Crippen molar-refractivity contribution in [3.63, 3.8) is 0 Å². The van der Waals surface area contributed by atoms with Crippen molar-refractivity contribution in [2.45, 2.75) is 19.6 Å². The molecule has 0 heterocycles. The first-order chi connectivity index (χ1) is 11.5. The molecule has 2 rings (SSSR count). The molecule has 5 heteroatoms. The second-order valence-electron chi connectivity index (χ2n) is 5.59. The second-order valence-corrected chi connectivity index (χ2v) is 7.01. The first-order valence-corrected chi connectivity index (χ1v) is 9.37. The molecule has 2 aromatic carbocycles. The van der Waals surface area contributed by atoms with E-state index in [0.29, 0.717) is 18.9 Å². The standard InChI is InChI=1S/C19H22ClNO2S/c1-14-3-4-15(2)18(11-14)23-10-9-21-19(22)13-24-12-16-5-7-17(20)8-6-16/h3-8,11H,9-10,12-13H2,1-2H3,(H,21,22). The van der Waals surface area contributed by atoms with Gasteiger partial charge < -0.3 is 10.1 Å². The molecule has 1 N–H and O–H groups in total. The van der Waals surface area contributed by atoms with Gasteiger partial charge in [0, 0.05) is 10.8 Å². The summed E-state index contributed by atoms with van der Waals surface area (Å²) in [5, 5.41) is 3.60. The molecule has 1 amide bonds. The summed E-state index contributed by atoms with van der Waals surface area (Å²) in [5.41, 5.74) is 3.43. The number of rotatable bonds is 8. The van der Waals surface area contributed by atoms with Crippen LogP contribution >= 0.6 is 23.4 Å². The van der Waals surface area contributed by atoms with Crippen LogP contribution in [0.3, 0.4) is 0 Å². The van der Waals surface area contributed by atoms with E-state index in [0.717, 1.165) is 27.7 Å². The van der Waals surface area contributed by atoms with Gasteiger partial charge in [-0.25, -0.2) is 0 Å². The molecule has 0 aliphatic rings. The summed E-state index contributed by atoms with van der Waals surface area (Å²) in [5.74, 6) is 2.13. The summed E-state index contributed by atoms with van der Waals surface area (Å²) in [7, 11) is 0. The molecular weight excluding hydrogens is 342 g/mol. The van der Waals surface area contributed by atoms with Crippen LogP contribution < -0.4 is 10.1 Å². The van der Waals surface area contributed by atoms with E-state index in [1.54, 1.807) is 11.8 Å². The van der Waals surface area contributed by atoms with E-state index < -0.39 is 0 Å². The SMILES string of the molecule is Cc1ccc(C)c(OCCNC(=O)CSCc2ccc(Cl)cc2)c1. The maximum absolute atomic E-state index is 11.8. The summed E-state index contributed by atoms with van der Waals surface area (Å²) in [6.07, 6.45) is 0. The third-order valence-electron chi connectivity index (χ3n) is 3.44. The lowest BCUT2D eigenvalue weighted by atomic mass is 10.1. The quantitative estimate of drug-likeness (QED) is 0.707. The predicted molar refractivity (Wildman–Crippen MR) is 102 cm³/mol. The van der Waals surface area contributed by atoms with Gasteiger partial charge in [-0.05, 0) is 48.7 Å². The molecule has 0 saturated carbocycles. The Kier molecular flexibility index (Phi) is 7.47. The maximum atomic E-state index is 11.8. The van der Waals surface area contributed by atoms with Crippen molar-refractivity contribution in [3.05, 3.63) is 64.2 Å². The number of nitrogens with one attached hydrogen (secondary N) is 1. The smallest absolute Gasteiger partial charge is 0.230 e. The lowest BCUT2D eigenvalue weighted by molar-refractivity contribution is -0.118. The molecule has 0 saturated heterocycles. The highest BCUT2D eigenvalue weighted by Gasteiger charge is 2.03. The Hall–Kier alpha value is -1.65. The van der Waals surface area contributed by atoms with E-state index in [-0.39, 0.29) is 5.91 Å². The molecule has 0 atom stereocenters. The number of benzene rings is 2. The fourth-order valence-corrected chi connectivity index (χ4v) is 3.05. The molecule has 0 aromatic heterocycles. The number of thioether (sulfide) groups is 1. The van der Waals surface area contributed by atoms with Gasteiger partial charge in [-0.3, -0.25) is 4.79 Å². The Labute approximate surface area is 152 Å². The Balaban J connectivity index is 1.61. The number of hydrogen-bond donors (Lipinski definition) is 1. The fraction of sp³-hybridized carbons (Fsp3) is 0.316. The average molecular weight is 364 g/mol. The van der Waals surface area contributed by atoms with Crippen LogP contribution in [0.25, 0.3) is 0 Å². The monoisotopic (exact) mass is 363 g/mol. The van der Waals surface area contributed by atoms with Crippen molar-refractivity contribution in [1.82, 2.24) is 5.32 Å². The number of aryl methyl sites for hydroxylation is 2. The van der Waals surface area contributed by atoms with Crippen molar-refractivity contribution < 1.29 is 9.53 Å². The van der Waals surface area contributed by atoms with Gasteiger partial charge in [-0.1, -0.05) is 35.9 Å². The number of halogens is 1. The van der Waals surface area contributed by atoms with Crippen molar-refractivity contribution >= 4 is 29.3 Å². The molecular formula is C19H22ClNO2S. The van der Waals surface area contributed by atoms with Gasteiger partial charge in [0.15, 0.2) is 0 Å². The van der Waals surface area contributed by atoms with Crippen LogP contribution in [0.2, 0.25) is 5.02 Å². The summed E-state index contributed by atoms with van der Waals surface area (Å²) in [6.45, 7) is 5.03. The maximum Gasteiger partial charge on any atom is 0.230 e. The summed E-state index contributed by atoms with van der Waals surface area (Å²) < 4.78 is 5.72. The highest BCUT2D eigenvalue weighted by Crippen LogP contribution is 2.18. The lowest BCUT2D eigenvalue weighted by Crippen LogP contribution is -2.29. The fourth-order valence-electron chi connectivity index (χ4n) is 2.11. The predicted octanol–water partition coefficient (Wildman–Crippen LogP) is 4.39. The molecule has 0 spiro atoms. The van der Waals surface area contributed by atoms with E-state index in [9.17, 15) is 4.79 Å². The Morgan fingerprint density at radius 3 is 2.67 bits per heavy atom. The van der Waals surface area contributed by atoms with E-state index in [1.165, 1.54) is 5.56 Å². The normalized spacial score (nSPS) is 10.5. The molecule has 3 nitrogen and oxygen atoms in total. The number of amides is 1. The topological polar surface area (TPSA) is 38.3 Å². The minimum atomic E-state index is 0.0264. The summed E-state index contributed by atoms with van der Waals surface area (Å²) in [6, 6.07) is 13.8. The van der Waals surface area contributed by atoms with E-state index in [4.69, 9.17) is 16.3 Å². The molecule has 0 fully saturated rings. The minimum absolute atomic E-state index is 0.0264. The number of hydrogen-bond acceptors (Lipinski definition) is 3. The first-order valence-electron chi connectivity index (χ1n) is 7.83. The van der Waals surface area contributed by atoms with Gasteiger partial charge in [0.2, 0.25) is 5.91 Å². The van der Waals surface area contributed by atoms with Crippen LogP contribution in [0.5, 0.6) is 5.75 Å². The van der Waals surface area contributed by atoms with Crippen LogP contribution in [0, 0.1) is 13.8 Å². The second kappa shape index (κ2) is 9.60. The van der Waals surface area contributed by atoms with Crippen LogP contribution in [-0.2, 0) is 10.5 Å². The van der Waals surface area contributed by atoms with Crippen LogP contribution in [0.1, 0.15) is 16.7 Å². The zero-order chi connectivity index (χ0) is 17.4. The zero-order valence-corrected chi connectivity index (χ0v) is 15.5. The molecule has 0 aliphatic carbocycles. The molecule has 128 valence electrons. The molecule has 0 aliphatic heterocycles. The van der Waals surface area contributed by atoms with Gasteiger partial charge in [0.25, 0.3) is 0 Å². The average Bonchev–Trinajstić information content (AvgIpc) is 2.56. The van der Waals surface area contributed by atoms with Gasteiger partial charge in [0.05, 0.1) is 12.3 Å². The first kappa shape index (κ1) is 18.7. The Morgan fingerprint density at radius 2 is 1.92 bits per heavy atom. The van der Waals surface area contributed by atoms with Crippen molar-refractivity contribution in [1.29, 1.82) is 0 Å². The van der Waals surface area contributed by atoms with Gasteiger partial charge in [0.1, 0.15) is 12.4 Å². The van der Waals surface area contributed by atoms with Crippen LogP contribution in [0.15, 0.2) is 42.5 Å². The highest BCUT2D eigenvalue weighted by atomic mass is 35.5. The number of carbonyl (C=O) groups is 1. The summed E-state index contributed by atoms with van der Waals surface area (Å²) in [4.78, 5) is 11.8. The molecule has 0 radical (unpaired) electrons. The largest absolute Gasteiger partial charge is 0.491 e. The number of carbonyl (C=O) groups excluding carboxylic acids is 1. The molecule has 24 heavy (non-hydrogen) atoms. The third kappa shape index (κ3) is 6.46. The van der Waals surface area contributed by atoms with E-state index in [1.807, 2.05) is 50.2 Å². The van der Waals surface area contributed by atoms with Crippen molar-refractivity contribution in [2.75, 3.05) is 18.9 Å². The molecule has 0 unspecified atom stereocenters. The van der Waals surface area contributed by atoms with Gasteiger partial charge in [-0.2, -0.15) is 0 Å². The van der Waals surface area contributed by atoms with Gasteiger partial charge >= 0.3 is 0 Å². The molecule has 0 bridgehead atoms. The third-order valence-corrected chi connectivity index (χ3v) is 4.70. The minimum Gasteiger partial charge on any atom is -0.491 e. The highest BCUT2D eigenvalue weighted by molar-refractivity contribution is 7.99. The van der Waals surface area contributed by atoms with Crippen molar-refractivity contribution in [2.24, 2.45) is 0 Å². The van der Waals surface area contributed by atoms with E-state index in [2.05, 4.69) is 11.4 Å². The van der Waals surface area contributed by atoms with Crippen LogP contribution in [-0.4, -0.2) is 24.8 Å². The Morgan fingerprint density at radius 1 is 1.17 bits per heavy atom. The van der Waals surface area contributed by atoms with Crippen LogP contribution in [0.4, 0.5) is 0 Å². The zero-order valence-electron chi connectivity index (χ0n) is 14.0. The van der Waals surface area contributed by atoms with Gasteiger partial charge in [-0.15, -0.1) is 11.8 Å². The van der Waals surface area contributed by atoms with E-state index >= 15 is 0 Å². The lowest BCUT2D eigenvalue weighted by Gasteiger charge is -2.10. The van der Waals surface area contributed by atoms with Crippen molar-refractivity contribution in [3.8, 4) is 5.75 Å². The molecule has 2 aromatic rings.